The highest BCUT2D eigenvalue weighted by atomic mass is 16.3. The minimum atomic E-state index is -1.27. The van der Waals surface area contributed by atoms with E-state index in [4.69, 9.17) is 0 Å². The molecule has 4 aliphatic rings. The molecule has 1 N–H and O–H groups in total. The highest BCUT2D eigenvalue weighted by Crippen LogP contribution is 2.68. The van der Waals surface area contributed by atoms with Crippen molar-refractivity contribution in [1.29, 1.82) is 0 Å². The Morgan fingerprint density at radius 3 is 2.42 bits per heavy atom. The van der Waals surface area contributed by atoms with Crippen molar-refractivity contribution in [2.45, 2.75) is 111 Å². The second-order valence-electron chi connectivity index (χ2n) is 13.1. The van der Waals surface area contributed by atoms with Crippen LogP contribution in [0.4, 0.5) is 0 Å². The number of aliphatic hydroxyl groups is 1. The molecule has 2 heteroatoms. The van der Waals surface area contributed by atoms with Crippen LogP contribution in [0.1, 0.15) is 105 Å². The number of carbonyl (C=O) groups is 1. The zero-order chi connectivity index (χ0) is 22.6. The maximum Gasteiger partial charge on any atom is 0.168 e. The largest absolute Gasteiger partial charge is 0.378 e. The smallest absolute Gasteiger partial charge is 0.168 e. The molecule has 9 atom stereocenters. The van der Waals surface area contributed by atoms with Crippen LogP contribution < -0.4 is 0 Å². The van der Waals surface area contributed by atoms with E-state index in [1.54, 1.807) is 0 Å². The van der Waals surface area contributed by atoms with Crippen molar-refractivity contribution in [3.05, 3.63) is 12.7 Å². The average molecular weight is 429 g/mol. The molecule has 0 bridgehead atoms. The topological polar surface area (TPSA) is 37.3 Å². The van der Waals surface area contributed by atoms with E-state index in [-0.39, 0.29) is 11.2 Å². The molecule has 4 rings (SSSR count). The molecular formula is C29H48O2. The Kier molecular flexibility index (Phi) is 6.30. The van der Waals surface area contributed by atoms with E-state index in [0.717, 1.165) is 29.6 Å². The summed E-state index contributed by atoms with van der Waals surface area (Å²) < 4.78 is 0. The van der Waals surface area contributed by atoms with Crippen molar-refractivity contribution in [3.63, 3.8) is 0 Å². The van der Waals surface area contributed by atoms with Crippen LogP contribution in [0.2, 0.25) is 0 Å². The van der Waals surface area contributed by atoms with Crippen LogP contribution in [0.3, 0.4) is 0 Å². The average Bonchev–Trinajstić information content (AvgIpc) is 3.06. The van der Waals surface area contributed by atoms with Gasteiger partial charge in [-0.3, -0.25) is 4.79 Å². The molecule has 4 saturated carbocycles. The molecule has 0 aromatic carbocycles. The minimum Gasteiger partial charge on any atom is -0.378 e. The predicted molar refractivity (Wildman–Crippen MR) is 129 cm³/mol. The fourth-order valence-electron chi connectivity index (χ4n) is 9.36. The first kappa shape index (κ1) is 23.5. The summed E-state index contributed by atoms with van der Waals surface area (Å²) in [5.41, 5.74) is -0.691. The molecule has 4 aliphatic carbocycles. The quantitative estimate of drug-likeness (QED) is 0.454. The minimum absolute atomic E-state index is 0.0262. The van der Waals surface area contributed by atoms with E-state index in [0.29, 0.717) is 30.1 Å². The van der Waals surface area contributed by atoms with E-state index >= 15 is 0 Å². The Morgan fingerprint density at radius 2 is 1.74 bits per heavy atom. The summed E-state index contributed by atoms with van der Waals surface area (Å²) in [7, 11) is 0. The summed E-state index contributed by atoms with van der Waals surface area (Å²) in [6.07, 6.45) is 14.8. The maximum atomic E-state index is 12.9. The fourth-order valence-corrected chi connectivity index (χ4v) is 9.36. The van der Waals surface area contributed by atoms with Crippen LogP contribution in [-0.4, -0.2) is 16.5 Å². The van der Waals surface area contributed by atoms with E-state index in [1.807, 2.05) is 0 Å². The van der Waals surface area contributed by atoms with Gasteiger partial charge in [0.25, 0.3) is 0 Å². The first-order valence-corrected chi connectivity index (χ1v) is 13.4. The van der Waals surface area contributed by atoms with E-state index in [1.165, 1.54) is 63.9 Å². The van der Waals surface area contributed by atoms with Crippen LogP contribution in [0.25, 0.3) is 0 Å². The molecule has 31 heavy (non-hydrogen) atoms. The van der Waals surface area contributed by atoms with Gasteiger partial charge < -0.3 is 5.11 Å². The normalized spacial score (nSPS) is 48.1. The van der Waals surface area contributed by atoms with E-state index < -0.39 is 5.60 Å². The SMILES string of the molecule is C=CC1(O)C[C@@H]2CC[C@@H]3[C@H](CC[C@]4(C)[C@@H]([C@H](C)CCCC(C)C)CC[C@@H]34)[C@@]2(C)CC1=O. The Morgan fingerprint density at radius 1 is 1.03 bits per heavy atom. The molecule has 0 saturated heterocycles. The number of carbonyl (C=O) groups excluding carboxylic acids is 1. The molecule has 176 valence electrons. The van der Waals surface area contributed by atoms with Gasteiger partial charge >= 0.3 is 0 Å². The predicted octanol–water partition coefficient (Wildman–Crippen LogP) is 7.20. The van der Waals surface area contributed by atoms with Crippen LogP contribution >= 0.6 is 0 Å². The number of ketones is 1. The molecule has 0 amide bonds. The monoisotopic (exact) mass is 428 g/mol. The van der Waals surface area contributed by atoms with Gasteiger partial charge in [-0.25, -0.2) is 0 Å². The van der Waals surface area contributed by atoms with Gasteiger partial charge in [-0.2, -0.15) is 0 Å². The van der Waals surface area contributed by atoms with Gasteiger partial charge in [0.2, 0.25) is 0 Å². The Labute approximate surface area is 191 Å². The van der Waals surface area contributed by atoms with Gasteiger partial charge in [-0.05, 0) is 97.2 Å². The second-order valence-corrected chi connectivity index (χ2v) is 13.1. The van der Waals surface area contributed by atoms with Gasteiger partial charge in [0, 0.05) is 6.42 Å². The van der Waals surface area contributed by atoms with Gasteiger partial charge in [0.05, 0.1) is 0 Å². The van der Waals surface area contributed by atoms with Crippen LogP contribution in [0.5, 0.6) is 0 Å². The zero-order valence-electron chi connectivity index (χ0n) is 21.0. The molecule has 2 nitrogen and oxygen atoms in total. The molecule has 0 aromatic heterocycles. The fraction of sp³-hybridized carbons (Fsp3) is 0.897. The molecule has 0 heterocycles. The maximum absolute atomic E-state index is 12.9. The third-order valence-corrected chi connectivity index (χ3v) is 11.2. The Bertz CT molecular complexity index is 697. The number of hydrogen-bond donors (Lipinski definition) is 1. The van der Waals surface area contributed by atoms with Crippen molar-refractivity contribution in [2.24, 2.45) is 52.3 Å². The summed E-state index contributed by atoms with van der Waals surface area (Å²) in [5, 5.41) is 10.8. The summed E-state index contributed by atoms with van der Waals surface area (Å²) in [6, 6.07) is 0. The third-order valence-electron chi connectivity index (χ3n) is 11.2. The standard InChI is InChI=1S/C29H48O2/c1-7-29(31)17-21-11-12-22-24-14-13-23(20(4)10-8-9-19(2)3)27(24,5)16-15-25(22)28(21,6)18-26(29)30/h7,19-25,31H,1,8-18H2,2-6H3/t20-,21+,22+,23-,24+,25+,27-,28+,29?/m1/s1. The number of rotatable bonds is 6. The van der Waals surface area contributed by atoms with Crippen LogP contribution in [0, 0.1) is 52.3 Å². The van der Waals surface area contributed by atoms with Gasteiger partial charge in [-0.1, -0.05) is 66.5 Å². The molecule has 1 unspecified atom stereocenters. The Hall–Kier alpha value is -0.630. The number of fused-ring (bicyclic) bond motifs is 5. The molecule has 0 spiro atoms. The summed E-state index contributed by atoms with van der Waals surface area (Å²) >= 11 is 0. The van der Waals surface area contributed by atoms with Crippen LogP contribution in [0.15, 0.2) is 12.7 Å². The lowest BCUT2D eigenvalue weighted by molar-refractivity contribution is -0.164. The zero-order valence-corrected chi connectivity index (χ0v) is 21.0. The van der Waals surface area contributed by atoms with Gasteiger partial charge in [0.1, 0.15) is 5.60 Å². The highest BCUT2D eigenvalue weighted by molar-refractivity contribution is 5.90. The van der Waals surface area contributed by atoms with Crippen molar-refractivity contribution in [3.8, 4) is 0 Å². The lowest BCUT2D eigenvalue weighted by Crippen LogP contribution is -2.58. The van der Waals surface area contributed by atoms with E-state index in [2.05, 4.69) is 41.2 Å². The highest BCUT2D eigenvalue weighted by Gasteiger charge is 2.62. The molecule has 0 aliphatic heterocycles. The number of Topliss-reactive ketones (excluding diaryl/α,β-unsaturated/α-hetero) is 1. The Balaban J connectivity index is 1.50. The molecule has 4 fully saturated rings. The third kappa shape index (κ3) is 3.77. The second kappa shape index (κ2) is 8.30. The van der Waals surface area contributed by atoms with Crippen LogP contribution in [-0.2, 0) is 4.79 Å². The van der Waals surface area contributed by atoms with Crippen molar-refractivity contribution in [2.75, 3.05) is 0 Å². The summed E-state index contributed by atoms with van der Waals surface area (Å²) in [4.78, 5) is 12.9. The summed E-state index contributed by atoms with van der Waals surface area (Å²) in [6.45, 7) is 16.1. The first-order chi connectivity index (χ1) is 14.5. The number of hydrogen-bond acceptors (Lipinski definition) is 2. The van der Waals surface area contributed by atoms with E-state index in [9.17, 15) is 9.90 Å². The van der Waals surface area contributed by atoms with Gasteiger partial charge in [0.15, 0.2) is 5.78 Å². The van der Waals surface area contributed by atoms with Crippen molar-refractivity contribution < 1.29 is 9.90 Å². The summed E-state index contributed by atoms with van der Waals surface area (Å²) in [5.74, 6) is 5.34. The molecule has 0 aromatic rings. The molecular weight excluding hydrogens is 380 g/mol. The lowest BCUT2D eigenvalue weighted by Gasteiger charge is -2.61. The van der Waals surface area contributed by atoms with Crippen molar-refractivity contribution >= 4 is 5.78 Å². The first-order valence-electron chi connectivity index (χ1n) is 13.4. The van der Waals surface area contributed by atoms with Gasteiger partial charge in [-0.15, -0.1) is 0 Å². The lowest BCUT2D eigenvalue weighted by atomic mass is 9.43. The molecule has 0 radical (unpaired) electrons. The van der Waals surface area contributed by atoms with Crippen molar-refractivity contribution in [1.82, 2.24) is 0 Å².